The maximum absolute atomic E-state index is 12.4. The highest BCUT2D eigenvalue weighted by molar-refractivity contribution is 6.30. The number of nitrogens with zero attached hydrogens (tertiary/aromatic N) is 2. The molecule has 2 aromatic rings. The van der Waals surface area contributed by atoms with E-state index in [0.717, 1.165) is 24.2 Å². The van der Waals surface area contributed by atoms with Gasteiger partial charge in [-0.25, -0.2) is 4.98 Å². The van der Waals surface area contributed by atoms with E-state index < -0.39 is 0 Å². The fourth-order valence-electron chi connectivity index (χ4n) is 2.63. The van der Waals surface area contributed by atoms with Crippen LogP contribution in [0.15, 0.2) is 36.7 Å². The van der Waals surface area contributed by atoms with Crippen LogP contribution in [0.5, 0.6) is 0 Å². The van der Waals surface area contributed by atoms with Crippen LogP contribution in [0.2, 0.25) is 5.02 Å². The summed E-state index contributed by atoms with van der Waals surface area (Å²) in [4.78, 5) is 16.8. The summed E-state index contributed by atoms with van der Waals surface area (Å²) < 4.78 is 7.36. The number of nitrogens with one attached hydrogen (secondary N) is 1. The van der Waals surface area contributed by atoms with E-state index in [1.807, 2.05) is 42.1 Å². The Hall–Kier alpha value is -1.85. The molecule has 2 heterocycles. The number of hydrogen-bond acceptors (Lipinski definition) is 3. The summed E-state index contributed by atoms with van der Waals surface area (Å²) in [5.74, 6) is 0.675. The van der Waals surface area contributed by atoms with Crippen LogP contribution < -0.4 is 5.32 Å². The van der Waals surface area contributed by atoms with Crippen molar-refractivity contribution in [3.8, 4) is 0 Å². The zero-order valence-corrected chi connectivity index (χ0v) is 13.1. The Bertz CT molecular complexity index is 648. The molecule has 3 rings (SSSR count). The fourth-order valence-corrected chi connectivity index (χ4v) is 2.75. The summed E-state index contributed by atoms with van der Waals surface area (Å²) in [5, 5.41) is 3.71. The molecule has 2 unspecified atom stereocenters. The average molecular weight is 320 g/mol. The smallest absolute Gasteiger partial charge is 0.249 e. The highest BCUT2D eigenvalue weighted by atomic mass is 35.5. The molecule has 1 aromatic heterocycles. The standard InChI is InChI=1S/C16H18ClN3O2/c1-20-9-8-18-15(20)14(11-4-6-12(17)7-5-11)19-16(21)13-3-2-10-22-13/h4-9,13-14H,2-3,10H2,1H3,(H,19,21). The van der Waals surface area contributed by atoms with E-state index in [0.29, 0.717) is 11.6 Å². The third-order valence-electron chi connectivity index (χ3n) is 3.83. The second kappa shape index (κ2) is 6.50. The lowest BCUT2D eigenvalue weighted by atomic mass is 10.1. The summed E-state index contributed by atoms with van der Waals surface area (Å²) in [7, 11) is 1.91. The number of imidazole rings is 1. The topological polar surface area (TPSA) is 56.2 Å². The first kappa shape index (κ1) is 15.1. The number of carbonyl (C=O) groups excluding carboxylic acids is 1. The van der Waals surface area contributed by atoms with Crippen molar-refractivity contribution in [2.45, 2.75) is 25.0 Å². The van der Waals surface area contributed by atoms with E-state index in [-0.39, 0.29) is 18.1 Å². The lowest BCUT2D eigenvalue weighted by Gasteiger charge is -2.21. The predicted octanol–water partition coefficient (Wildman–Crippen LogP) is 2.46. The van der Waals surface area contributed by atoms with Crippen molar-refractivity contribution in [3.63, 3.8) is 0 Å². The SMILES string of the molecule is Cn1ccnc1C(NC(=O)C1CCCO1)c1ccc(Cl)cc1. The minimum absolute atomic E-state index is 0.0968. The Kier molecular flexibility index (Phi) is 4.45. The van der Waals surface area contributed by atoms with Gasteiger partial charge in [-0.1, -0.05) is 23.7 Å². The maximum Gasteiger partial charge on any atom is 0.249 e. The highest BCUT2D eigenvalue weighted by Crippen LogP contribution is 2.23. The molecule has 1 N–H and O–H groups in total. The van der Waals surface area contributed by atoms with Crippen LogP contribution in [0.25, 0.3) is 0 Å². The first-order chi connectivity index (χ1) is 10.6. The molecular weight excluding hydrogens is 302 g/mol. The summed E-state index contributed by atoms with van der Waals surface area (Å²) >= 11 is 5.95. The second-order valence-corrected chi connectivity index (χ2v) is 5.83. The molecule has 2 atom stereocenters. The molecular formula is C16H18ClN3O2. The molecule has 1 amide bonds. The minimum atomic E-state index is -0.366. The minimum Gasteiger partial charge on any atom is -0.368 e. The van der Waals surface area contributed by atoms with Crippen molar-refractivity contribution in [3.05, 3.63) is 53.1 Å². The number of halogens is 1. The number of aromatic nitrogens is 2. The number of hydrogen-bond donors (Lipinski definition) is 1. The van der Waals surface area contributed by atoms with E-state index >= 15 is 0 Å². The molecule has 1 aromatic carbocycles. The number of rotatable bonds is 4. The third kappa shape index (κ3) is 3.15. The summed E-state index contributed by atoms with van der Waals surface area (Å²) in [6.07, 6.45) is 4.90. The van der Waals surface area contributed by atoms with Gasteiger partial charge in [0.1, 0.15) is 18.0 Å². The quantitative estimate of drug-likeness (QED) is 0.942. The van der Waals surface area contributed by atoms with Crippen molar-refractivity contribution in [2.75, 3.05) is 6.61 Å². The van der Waals surface area contributed by atoms with Crippen LogP contribution in [0, 0.1) is 0 Å². The van der Waals surface area contributed by atoms with Crippen LogP contribution in [-0.4, -0.2) is 28.2 Å². The molecule has 1 aliphatic rings. The Balaban J connectivity index is 1.87. The molecule has 0 spiro atoms. The number of ether oxygens (including phenoxy) is 1. The zero-order chi connectivity index (χ0) is 15.5. The van der Waals surface area contributed by atoms with Gasteiger partial charge in [0.05, 0.1) is 0 Å². The fraction of sp³-hybridized carbons (Fsp3) is 0.375. The lowest BCUT2D eigenvalue weighted by Crippen LogP contribution is -2.38. The predicted molar refractivity (Wildman–Crippen MR) is 83.6 cm³/mol. The molecule has 116 valence electrons. The van der Waals surface area contributed by atoms with E-state index in [4.69, 9.17) is 16.3 Å². The van der Waals surface area contributed by atoms with Gasteiger partial charge < -0.3 is 14.6 Å². The van der Waals surface area contributed by atoms with Crippen molar-refractivity contribution in [1.82, 2.24) is 14.9 Å². The molecule has 1 fully saturated rings. The van der Waals surface area contributed by atoms with Gasteiger partial charge in [0.15, 0.2) is 0 Å². The maximum atomic E-state index is 12.4. The molecule has 0 saturated carbocycles. The van der Waals surface area contributed by atoms with Crippen LogP contribution in [0.3, 0.4) is 0 Å². The number of carbonyl (C=O) groups is 1. The van der Waals surface area contributed by atoms with Gasteiger partial charge in [0, 0.05) is 31.1 Å². The van der Waals surface area contributed by atoms with Gasteiger partial charge in [-0.15, -0.1) is 0 Å². The second-order valence-electron chi connectivity index (χ2n) is 5.39. The monoisotopic (exact) mass is 319 g/mol. The molecule has 22 heavy (non-hydrogen) atoms. The van der Waals surface area contributed by atoms with Crippen LogP contribution >= 0.6 is 11.6 Å². The first-order valence-electron chi connectivity index (χ1n) is 7.30. The molecule has 5 nitrogen and oxygen atoms in total. The van der Waals surface area contributed by atoms with Gasteiger partial charge >= 0.3 is 0 Å². The molecule has 1 aliphatic heterocycles. The Morgan fingerprint density at radius 3 is 2.82 bits per heavy atom. The van der Waals surface area contributed by atoms with Crippen LogP contribution in [-0.2, 0) is 16.6 Å². The Morgan fingerprint density at radius 1 is 1.45 bits per heavy atom. The zero-order valence-electron chi connectivity index (χ0n) is 12.3. The van der Waals surface area contributed by atoms with E-state index in [9.17, 15) is 4.79 Å². The van der Waals surface area contributed by atoms with Crippen molar-refractivity contribution < 1.29 is 9.53 Å². The summed E-state index contributed by atoms with van der Waals surface area (Å²) in [6, 6.07) is 7.10. The van der Waals surface area contributed by atoms with E-state index in [2.05, 4.69) is 10.3 Å². The number of aryl methyl sites for hydroxylation is 1. The molecule has 0 aliphatic carbocycles. The van der Waals surface area contributed by atoms with Gasteiger partial charge in [0.2, 0.25) is 5.91 Å². The Labute approximate surface area is 134 Å². The van der Waals surface area contributed by atoms with E-state index in [1.54, 1.807) is 6.20 Å². The Morgan fingerprint density at radius 2 is 2.23 bits per heavy atom. The summed E-state index contributed by atoms with van der Waals surface area (Å²) in [5.41, 5.74) is 0.935. The van der Waals surface area contributed by atoms with Crippen molar-refractivity contribution in [2.24, 2.45) is 7.05 Å². The average Bonchev–Trinajstić information content (AvgIpc) is 3.17. The first-order valence-corrected chi connectivity index (χ1v) is 7.67. The lowest BCUT2D eigenvalue weighted by molar-refractivity contribution is -0.130. The largest absolute Gasteiger partial charge is 0.368 e. The molecule has 0 radical (unpaired) electrons. The normalized spacial score (nSPS) is 19.1. The number of benzene rings is 1. The van der Waals surface area contributed by atoms with Gasteiger partial charge in [-0.3, -0.25) is 4.79 Å². The van der Waals surface area contributed by atoms with Crippen LogP contribution in [0.4, 0.5) is 0 Å². The van der Waals surface area contributed by atoms with Gasteiger partial charge in [-0.2, -0.15) is 0 Å². The summed E-state index contributed by atoms with van der Waals surface area (Å²) in [6.45, 7) is 0.645. The third-order valence-corrected chi connectivity index (χ3v) is 4.08. The highest BCUT2D eigenvalue weighted by Gasteiger charge is 2.28. The van der Waals surface area contributed by atoms with Crippen LogP contribution in [0.1, 0.15) is 30.3 Å². The van der Waals surface area contributed by atoms with E-state index in [1.165, 1.54) is 0 Å². The van der Waals surface area contributed by atoms with Crippen molar-refractivity contribution >= 4 is 17.5 Å². The molecule has 0 bridgehead atoms. The van der Waals surface area contributed by atoms with Gasteiger partial charge in [0.25, 0.3) is 0 Å². The molecule has 6 heteroatoms. The number of amides is 1. The van der Waals surface area contributed by atoms with Gasteiger partial charge in [-0.05, 0) is 30.5 Å². The van der Waals surface area contributed by atoms with Crippen molar-refractivity contribution in [1.29, 1.82) is 0 Å². The molecule has 1 saturated heterocycles.